The van der Waals surface area contributed by atoms with Crippen LogP contribution in [-0.2, 0) is 0 Å². The number of hydrogen-bond acceptors (Lipinski definition) is 4. The second kappa shape index (κ2) is 4.45. The van der Waals surface area contributed by atoms with E-state index >= 15 is 0 Å². The van der Waals surface area contributed by atoms with E-state index in [-0.39, 0.29) is 28.4 Å². The van der Waals surface area contributed by atoms with Crippen LogP contribution < -0.4 is 5.32 Å². The van der Waals surface area contributed by atoms with E-state index in [4.69, 9.17) is 0 Å². The predicted octanol–water partition coefficient (Wildman–Crippen LogP) is 2.83. The van der Waals surface area contributed by atoms with Gasteiger partial charge in [0.1, 0.15) is 5.75 Å². The van der Waals surface area contributed by atoms with Crippen molar-refractivity contribution in [2.45, 2.75) is 13.8 Å². The standard InChI is InChI=1S/C17H15NO3/c1-8-4-5-9(2)13-12(8)16(20)14-10(18-3)6-7-11(19)15(14)17(13)21/h4-7,18-19H,1-3H3. The molecule has 1 aliphatic rings. The van der Waals surface area contributed by atoms with Gasteiger partial charge in [-0.15, -0.1) is 0 Å². The second-order valence-electron chi connectivity index (χ2n) is 5.24. The van der Waals surface area contributed by atoms with Gasteiger partial charge in [-0.25, -0.2) is 0 Å². The van der Waals surface area contributed by atoms with Crippen molar-refractivity contribution >= 4 is 17.3 Å². The normalized spacial score (nSPS) is 12.9. The van der Waals surface area contributed by atoms with Crippen molar-refractivity contribution < 1.29 is 14.7 Å². The molecule has 0 amide bonds. The summed E-state index contributed by atoms with van der Waals surface area (Å²) in [5.74, 6) is -0.676. The van der Waals surface area contributed by atoms with Crippen LogP contribution in [0.5, 0.6) is 5.75 Å². The molecule has 4 nitrogen and oxygen atoms in total. The zero-order chi connectivity index (χ0) is 15.3. The Labute approximate surface area is 122 Å². The molecule has 0 aliphatic heterocycles. The van der Waals surface area contributed by atoms with Crippen molar-refractivity contribution in [2.24, 2.45) is 0 Å². The lowest BCUT2D eigenvalue weighted by atomic mass is 9.79. The van der Waals surface area contributed by atoms with Crippen LogP contribution in [0.25, 0.3) is 0 Å². The molecule has 0 aromatic heterocycles. The van der Waals surface area contributed by atoms with E-state index in [9.17, 15) is 14.7 Å². The third kappa shape index (κ3) is 1.69. The van der Waals surface area contributed by atoms with Crippen LogP contribution in [0.15, 0.2) is 24.3 Å². The number of ketones is 2. The van der Waals surface area contributed by atoms with Crippen molar-refractivity contribution in [3.05, 3.63) is 57.6 Å². The lowest BCUT2D eigenvalue weighted by Crippen LogP contribution is -2.24. The van der Waals surface area contributed by atoms with Gasteiger partial charge in [0.25, 0.3) is 0 Å². The smallest absolute Gasteiger partial charge is 0.198 e. The van der Waals surface area contributed by atoms with Crippen molar-refractivity contribution in [3.8, 4) is 5.75 Å². The lowest BCUT2D eigenvalue weighted by Gasteiger charge is -2.23. The maximum atomic E-state index is 12.9. The average Bonchev–Trinajstić information content (AvgIpc) is 2.46. The van der Waals surface area contributed by atoms with E-state index in [2.05, 4.69) is 5.32 Å². The molecule has 2 aromatic carbocycles. The maximum Gasteiger partial charge on any atom is 0.198 e. The molecule has 0 saturated carbocycles. The number of carbonyl (C=O) groups is 2. The Hall–Kier alpha value is -2.62. The van der Waals surface area contributed by atoms with Crippen LogP contribution in [0.4, 0.5) is 5.69 Å². The Bertz CT molecular complexity index is 806. The van der Waals surface area contributed by atoms with Crippen LogP contribution >= 0.6 is 0 Å². The van der Waals surface area contributed by atoms with Crippen molar-refractivity contribution in [1.82, 2.24) is 0 Å². The van der Waals surface area contributed by atoms with E-state index in [1.807, 2.05) is 19.1 Å². The van der Waals surface area contributed by atoms with Gasteiger partial charge in [-0.2, -0.15) is 0 Å². The van der Waals surface area contributed by atoms with Gasteiger partial charge in [0, 0.05) is 23.9 Å². The van der Waals surface area contributed by atoms with Gasteiger partial charge in [0.15, 0.2) is 11.6 Å². The summed E-state index contributed by atoms with van der Waals surface area (Å²) in [6.07, 6.45) is 0. The first-order valence-corrected chi connectivity index (χ1v) is 6.70. The van der Waals surface area contributed by atoms with Crippen molar-refractivity contribution in [1.29, 1.82) is 0 Å². The highest BCUT2D eigenvalue weighted by atomic mass is 16.3. The molecule has 21 heavy (non-hydrogen) atoms. The number of fused-ring (bicyclic) bond motifs is 2. The minimum Gasteiger partial charge on any atom is -0.507 e. The Balaban J connectivity index is 2.44. The van der Waals surface area contributed by atoms with Gasteiger partial charge in [0.05, 0.1) is 11.1 Å². The lowest BCUT2D eigenvalue weighted by molar-refractivity contribution is 0.0976. The topological polar surface area (TPSA) is 66.4 Å². The fourth-order valence-electron chi connectivity index (χ4n) is 2.91. The summed E-state index contributed by atoms with van der Waals surface area (Å²) < 4.78 is 0. The molecular weight excluding hydrogens is 266 g/mol. The summed E-state index contributed by atoms with van der Waals surface area (Å²) in [6, 6.07) is 6.71. The van der Waals surface area contributed by atoms with Crippen molar-refractivity contribution in [3.63, 3.8) is 0 Å². The Morgan fingerprint density at radius 1 is 0.810 bits per heavy atom. The van der Waals surface area contributed by atoms with E-state index in [0.717, 1.165) is 11.1 Å². The predicted molar refractivity (Wildman–Crippen MR) is 80.4 cm³/mol. The van der Waals surface area contributed by atoms with Crippen LogP contribution in [0.3, 0.4) is 0 Å². The zero-order valence-corrected chi connectivity index (χ0v) is 12.1. The zero-order valence-electron chi connectivity index (χ0n) is 12.1. The molecule has 3 rings (SSSR count). The molecule has 0 atom stereocenters. The molecular formula is C17H15NO3. The molecule has 0 fully saturated rings. The van der Waals surface area contributed by atoms with E-state index in [0.29, 0.717) is 16.8 Å². The summed E-state index contributed by atoms with van der Waals surface area (Å²) in [6.45, 7) is 3.61. The maximum absolute atomic E-state index is 12.9. The number of nitrogens with one attached hydrogen (secondary N) is 1. The summed E-state index contributed by atoms with van der Waals surface area (Å²) in [5.41, 5.74) is 3.24. The Morgan fingerprint density at radius 3 is 1.86 bits per heavy atom. The van der Waals surface area contributed by atoms with E-state index < -0.39 is 0 Å². The highest BCUT2D eigenvalue weighted by Gasteiger charge is 2.35. The fraction of sp³-hybridized carbons (Fsp3) is 0.176. The number of phenols is 1. The van der Waals surface area contributed by atoms with E-state index in [1.165, 1.54) is 6.07 Å². The number of hydrogen-bond donors (Lipinski definition) is 2. The number of carbonyl (C=O) groups excluding carboxylic acids is 2. The monoisotopic (exact) mass is 281 g/mol. The molecule has 2 N–H and O–H groups in total. The van der Waals surface area contributed by atoms with Crippen molar-refractivity contribution in [2.75, 3.05) is 12.4 Å². The van der Waals surface area contributed by atoms with Gasteiger partial charge in [-0.3, -0.25) is 9.59 Å². The van der Waals surface area contributed by atoms with Gasteiger partial charge < -0.3 is 10.4 Å². The molecule has 106 valence electrons. The van der Waals surface area contributed by atoms with Gasteiger partial charge in [0.2, 0.25) is 0 Å². The summed E-state index contributed by atoms with van der Waals surface area (Å²) in [5, 5.41) is 13.0. The first kappa shape index (κ1) is 13.4. The third-order valence-corrected chi connectivity index (χ3v) is 3.98. The molecule has 1 aliphatic carbocycles. The average molecular weight is 281 g/mol. The molecule has 0 radical (unpaired) electrons. The minimum absolute atomic E-state index is 0.0908. The molecule has 0 heterocycles. The van der Waals surface area contributed by atoms with Gasteiger partial charge in [-0.1, -0.05) is 12.1 Å². The minimum atomic E-state index is -0.296. The number of aryl methyl sites for hydroxylation is 2. The van der Waals surface area contributed by atoms with Crippen LogP contribution in [-0.4, -0.2) is 23.7 Å². The summed E-state index contributed by atoms with van der Waals surface area (Å²) >= 11 is 0. The van der Waals surface area contributed by atoms with Crippen LogP contribution in [0.2, 0.25) is 0 Å². The Morgan fingerprint density at radius 2 is 1.33 bits per heavy atom. The summed E-state index contributed by atoms with van der Waals surface area (Å²) in [4.78, 5) is 25.6. The Kier molecular flexibility index (Phi) is 2.83. The van der Waals surface area contributed by atoms with Crippen LogP contribution in [0, 0.1) is 13.8 Å². The van der Waals surface area contributed by atoms with E-state index in [1.54, 1.807) is 20.0 Å². The van der Waals surface area contributed by atoms with Gasteiger partial charge in [-0.05, 0) is 37.1 Å². The SMILES string of the molecule is CNc1ccc(O)c2c1C(=O)c1c(C)ccc(C)c1C2=O. The largest absolute Gasteiger partial charge is 0.507 e. The first-order valence-electron chi connectivity index (χ1n) is 6.70. The van der Waals surface area contributed by atoms with Crippen LogP contribution in [0.1, 0.15) is 43.0 Å². The molecule has 0 spiro atoms. The summed E-state index contributed by atoms with van der Waals surface area (Å²) in [7, 11) is 1.68. The highest BCUT2D eigenvalue weighted by Crippen LogP contribution is 2.38. The molecule has 4 heteroatoms. The number of phenolic OH excluding ortho intramolecular Hbond substituents is 1. The van der Waals surface area contributed by atoms with Gasteiger partial charge >= 0.3 is 0 Å². The second-order valence-corrected chi connectivity index (χ2v) is 5.24. The molecule has 0 bridgehead atoms. The molecule has 0 saturated heterocycles. The first-order chi connectivity index (χ1) is 9.97. The molecule has 0 unspecified atom stereocenters. The number of anilines is 1. The fourth-order valence-corrected chi connectivity index (χ4v) is 2.91. The molecule has 2 aromatic rings. The third-order valence-electron chi connectivity index (χ3n) is 3.98. The number of benzene rings is 2. The quantitative estimate of drug-likeness (QED) is 0.673. The highest BCUT2D eigenvalue weighted by molar-refractivity contribution is 6.31. The number of rotatable bonds is 1. The number of aromatic hydroxyl groups is 1.